The van der Waals surface area contributed by atoms with Crippen molar-refractivity contribution in [3.63, 3.8) is 0 Å². The van der Waals surface area contributed by atoms with Crippen LogP contribution in [0.5, 0.6) is 0 Å². The van der Waals surface area contributed by atoms with Gasteiger partial charge in [-0.05, 0) is 54.8 Å². The fourth-order valence-corrected chi connectivity index (χ4v) is 5.29. The lowest BCUT2D eigenvalue weighted by molar-refractivity contribution is -0.147. The van der Waals surface area contributed by atoms with Crippen molar-refractivity contribution < 1.29 is 23.8 Å². The minimum atomic E-state index is -0.950. The minimum Gasteiger partial charge on any atom is -0.479 e. The number of H-pyrrole nitrogens is 1. The first-order valence-electron chi connectivity index (χ1n) is 11.3. The van der Waals surface area contributed by atoms with E-state index in [2.05, 4.69) is 40.7 Å². The second-order valence-electron chi connectivity index (χ2n) is 9.77. The zero-order chi connectivity index (χ0) is 24.2. The van der Waals surface area contributed by atoms with Gasteiger partial charge in [0.2, 0.25) is 0 Å². The quantitative estimate of drug-likeness (QED) is 0.426. The van der Waals surface area contributed by atoms with Crippen molar-refractivity contribution in [1.29, 1.82) is 0 Å². The van der Waals surface area contributed by atoms with Gasteiger partial charge in [-0.2, -0.15) is 5.10 Å². The van der Waals surface area contributed by atoms with Gasteiger partial charge in [-0.15, -0.1) is 0 Å². The third kappa shape index (κ3) is 3.58. The number of fused-ring (bicyclic) bond motifs is 2. The molecule has 0 spiro atoms. The zero-order valence-electron chi connectivity index (χ0n) is 19.7. The highest BCUT2D eigenvalue weighted by Crippen LogP contribution is 2.45. The summed E-state index contributed by atoms with van der Waals surface area (Å²) in [6.07, 6.45) is 1.32. The molecule has 1 aliphatic heterocycles. The Labute approximate surface area is 196 Å². The fraction of sp³-hybridized carbons (Fsp3) is 0.385. The molecule has 34 heavy (non-hydrogen) atoms. The smallest absolute Gasteiger partial charge is 0.332 e. The molecule has 2 N–H and O–H groups in total. The number of ether oxygens (including phenoxy) is 2. The van der Waals surface area contributed by atoms with E-state index in [0.717, 1.165) is 38.8 Å². The van der Waals surface area contributed by atoms with Gasteiger partial charge in [-0.1, -0.05) is 13.8 Å². The Balaban J connectivity index is 1.88. The average molecular weight is 466 g/mol. The fourth-order valence-electron chi connectivity index (χ4n) is 5.29. The predicted octanol–water partition coefficient (Wildman–Crippen LogP) is 4.84. The minimum absolute atomic E-state index is 0.113. The molecule has 8 heteroatoms. The maximum atomic E-state index is 14.2. The van der Waals surface area contributed by atoms with Crippen LogP contribution in [0.4, 0.5) is 4.39 Å². The number of aromatic amines is 1. The largest absolute Gasteiger partial charge is 0.479 e. The second-order valence-corrected chi connectivity index (χ2v) is 9.77. The van der Waals surface area contributed by atoms with Gasteiger partial charge in [0.05, 0.1) is 30.4 Å². The summed E-state index contributed by atoms with van der Waals surface area (Å²) in [4.78, 5) is 11.7. The van der Waals surface area contributed by atoms with E-state index in [9.17, 15) is 14.3 Å². The number of carbonyl (C=O) groups is 1. The zero-order valence-corrected chi connectivity index (χ0v) is 19.7. The van der Waals surface area contributed by atoms with Crippen LogP contribution in [0.15, 0.2) is 36.5 Å². The van der Waals surface area contributed by atoms with E-state index in [1.54, 1.807) is 26.3 Å². The van der Waals surface area contributed by atoms with Crippen LogP contribution in [0, 0.1) is 12.7 Å². The number of hydrogen-bond donors (Lipinski definition) is 2. The standard InChI is InChI=1S/C26H28FN3O4/c1-14-7-17(5-6-19(14)27)30-21-8-15-11-28-29-20(15)10-18(21)23(24(30)26(2,3)13-33-4)16-9-22(25(31)32)34-12-16/h5-8,10-11,16,22H,9,12-13H2,1-4H3,(H,28,29)(H,31,32)/t16-,22?/m1/s1. The Bertz CT molecular complexity index is 1400. The van der Waals surface area contributed by atoms with Gasteiger partial charge in [0.25, 0.3) is 0 Å². The number of aryl methyl sites for hydroxylation is 1. The van der Waals surface area contributed by atoms with Crippen LogP contribution in [0.2, 0.25) is 0 Å². The number of carboxylic acid groups (broad SMARTS) is 1. The van der Waals surface area contributed by atoms with Crippen LogP contribution in [-0.2, 0) is 19.7 Å². The third-order valence-electron chi connectivity index (χ3n) is 6.79. The number of benzene rings is 2. The first-order chi connectivity index (χ1) is 16.2. The van der Waals surface area contributed by atoms with Gasteiger partial charge < -0.3 is 19.1 Å². The summed E-state index contributed by atoms with van der Waals surface area (Å²) in [5.41, 5.74) is 4.86. The Hall–Kier alpha value is -3.23. The molecule has 1 unspecified atom stereocenters. The number of nitrogens with zero attached hydrogens (tertiary/aromatic N) is 2. The molecule has 0 bridgehead atoms. The monoisotopic (exact) mass is 465 g/mol. The van der Waals surface area contributed by atoms with E-state index >= 15 is 0 Å². The molecule has 2 aromatic heterocycles. The van der Waals surface area contributed by atoms with E-state index in [0.29, 0.717) is 25.2 Å². The maximum Gasteiger partial charge on any atom is 0.332 e. The van der Waals surface area contributed by atoms with Crippen LogP contribution in [-0.4, -0.2) is 52.3 Å². The Morgan fingerprint density at radius 3 is 2.82 bits per heavy atom. The molecule has 3 heterocycles. The molecule has 0 radical (unpaired) electrons. The number of hydrogen-bond acceptors (Lipinski definition) is 4. The van der Waals surface area contributed by atoms with Crippen molar-refractivity contribution >= 4 is 27.8 Å². The molecule has 178 valence electrons. The SMILES string of the molecule is COCC(C)(C)c1c([C@H]2COC(C(=O)O)C2)c2cc3[nH]ncc3cc2n1-c1ccc(F)c(C)c1. The molecule has 0 saturated carbocycles. The van der Waals surface area contributed by atoms with Crippen molar-refractivity contribution in [2.75, 3.05) is 20.3 Å². The van der Waals surface area contributed by atoms with Crippen LogP contribution in [0.3, 0.4) is 0 Å². The lowest BCUT2D eigenvalue weighted by atomic mass is 9.82. The number of nitrogens with one attached hydrogen (secondary N) is 1. The van der Waals surface area contributed by atoms with E-state index < -0.39 is 17.5 Å². The van der Waals surface area contributed by atoms with Crippen LogP contribution in [0.1, 0.15) is 43.0 Å². The molecule has 5 rings (SSSR count). The summed E-state index contributed by atoms with van der Waals surface area (Å²) in [6.45, 7) is 6.74. The highest BCUT2D eigenvalue weighted by atomic mass is 19.1. The summed E-state index contributed by atoms with van der Waals surface area (Å²) in [5, 5.41) is 18.7. The highest BCUT2D eigenvalue weighted by Gasteiger charge is 2.39. The number of halogens is 1. The third-order valence-corrected chi connectivity index (χ3v) is 6.79. The first kappa shape index (κ1) is 22.6. The topological polar surface area (TPSA) is 89.4 Å². The Morgan fingerprint density at radius 1 is 1.35 bits per heavy atom. The number of methoxy groups -OCH3 is 1. The average Bonchev–Trinajstić information content (AvgIpc) is 3.50. The Kier molecular flexibility index (Phi) is 5.45. The van der Waals surface area contributed by atoms with Crippen LogP contribution >= 0.6 is 0 Å². The van der Waals surface area contributed by atoms with E-state index in [-0.39, 0.29) is 11.7 Å². The molecule has 4 aromatic rings. The molecule has 0 aliphatic carbocycles. The van der Waals surface area contributed by atoms with Gasteiger partial charge >= 0.3 is 5.97 Å². The van der Waals surface area contributed by atoms with Gasteiger partial charge in [0, 0.05) is 40.6 Å². The van der Waals surface area contributed by atoms with Crippen molar-refractivity contribution in [2.45, 2.75) is 44.6 Å². The lowest BCUT2D eigenvalue weighted by Crippen LogP contribution is -2.29. The maximum absolute atomic E-state index is 14.2. The van der Waals surface area contributed by atoms with E-state index in [4.69, 9.17) is 9.47 Å². The summed E-state index contributed by atoms with van der Waals surface area (Å²) < 4.78 is 27.7. The predicted molar refractivity (Wildman–Crippen MR) is 127 cm³/mol. The summed E-state index contributed by atoms with van der Waals surface area (Å²) in [6, 6.07) is 9.25. The number of carboxylic acids is 1. The number of aromatic nitrogens is 3. The first-order valence-corrected chi connectivity index (χ1v) is 11.3. The Morgan fingerprint density at radius 2 is 2.15 bits per heavy atom. The number of rotatable bonds is 6. The summed E-state index contributed by atoms with van der Waals surface area (Å²) in [5.74, 6) is -1.32. The summed E-state index contributed by atoms with van der Waals surface area (Å²) in [7, 11) is 1.67. The van der Waals surface area contributed by atoms with Gasteiger partial charge in [0.15, 0.2) is 6.10 Å². The molecule has 0 amide bonds. The van der Waals surface area contributed by atoms with Crippen molar-refractivity contribution in [3.8, 4) is 5.69 Å². The van der Waals surface area contributed by atoms with Gasteiger partial charge in [0.1, 0.15) is 5.82 Å². The molecule has 2 atom stereocenters. The van der Waals surface area contributed by atoms with E-state index in [1.807, 2.05) is 6.07 Å². The van der Waals surface area contributed by atoms with Crippen LogP contribution in [0.25, 0.3) is 27.5 Å². The van der Waals surface area contributed by atoms with Gasteiger partial charge in [-0.3, -0.25) is 5.10 Å². The van der Waals surface area contributed by atoms with E-state index in [1.165, 1.54) is 6.07 Å². The summed E-state index contributed by atoms with van der Waals surface area (Å²) >= 11 is 0. The second kappa shape index (κ2) is 8.21. The molecule has 7 nitrogen and oxygen atoms in total. The highest BCUT2D eigenvalue weighted by molar-refractivity contribution is 5.99. The molecule has 1 saturated heterocycles. The normalized spacial score (nSPS) is 18.9. The van der Waals surface area contributed by atoms with Crippen molar-refractivity contribution in [2.24, 2.45) is 0 Å². The number of aliphatic carboxylic acids is 1. The van der Waals surface area contributed by atoms with Crippen molar-refractivity contribution in [3.05, 3.63) is 59.2 Å². The molecule has 1 fully saturated rings. The molecule has 1 aliphatic rings. The van der Waals surface area contributed by atoms with Crippen LogP contribution < -0.4 is 0 Å². The van der Waals surface area contributed by atoms with Gasteiger partial charge in [-0.25, -0.2) is 9.18 Å². The molecular formula is C26H28FN3O4. The molecule has 2 aromatic carbocycles. The van der Waals surface area contributed by atoms with Crippen molar-refractivity contribution in [1.82, 2.24) is 14.8 Å². The molecular weight excluding hydrogens is 437 g/mol. The lowest BCUT2D eigenvalue weighted by Gasteiger charge is -2.29.